The van der Waals surface area contributed by atoms with Crippen molar-refractivity contribution in [3.05, 3.63) is 35.3 Å². The Kier molecular flexibility index (Phi) is 2.25. The van der Waals surface area contributed by atoms with Gasteiger partial charge in [0.25, 0.3) is 0 Å². The highest BCUT2D eigenvalue weighted by Crippen LogP contribution is 2.24. The average Bonchev–Trinajstić information content (AvgIpc) is 2.46. The molecule has 1 aromatic heterocycles. The highest BCUT2D eigenvalue weighted by molar-refractivity contribution is 5.84. The van der Waals surface area contributed by atoms with Crippen LogP contribution >= 0.6 is 0 Å². The van der Waals surface area contributed by atoms with E-state index in [1.165, 1.54) is 6.07 Å². The lowest BCUT2D eigenvalue weighted by atomic mass is 10.1. The molecule has 2 rings (SSSR count). The first-order chi connectivity index (χ1) is 6.74. The number of hydrogen-bond donors (Lipinski definition) is 2. The van der Waals surface area contributed by atoms with Gasteiger partial charge in [0, 0.05) is 23.0 Å². The summed E-state index contributed by atoms with van der Waals surface area (Å²) in [6.45, 7) is 2.50. The van der Waals surface area contributed by atoms with Crippen LogP contribution in [0.15, 0.2) is 18.2 Å². The van der Waals surface area contributed by atoms with Crippen molar-refractivity contribution in [2.75, 3.05) is 6.54 Å². The average molecular weight is 192 g/mol. The molecular formula is C11H13FN2. The Hall–Kier alpha value is -1.35. The number of H-pyrrole nitrogens is 1. The highest BCUT2D eigenvalue weighted by Gasteiger charge is 2.09. The van der Waals surface area contributed by atoms with Gasteiger partial charge in [-0.2, -0.15) is 0 Å². The van der Waals surface area contributed by atoms with Gasteiger partial charge < -0.3 is 10.7 Å². The number of fused-ring (bicyclic) bond motifs is 1. The van der Waals surface area contributed by atoms with E-state index in [0.717, 1.165) is 23.2 Å². The molecule has 0 fully saturated rings. The maximum absolute atomic E-state index is 13.4. The van der Waals surface area contributed by atoms with Gasteiger partial charge in [0.15, 0.2) is 0 Å². The third kappa shape index (κ3) is 1.30. The van der Waals surface area contributed by atoms with Gasteiger partial charge in [0.1, 0.15) is 5.82 Å². The number of rotatable bonds is 2. The van der Waals surface area contributed by atoms with Crippen LogP contribution in [0.4, 0.5) is 4.39 Å². The largest absolute Gasteiger partial charge is 0.358 e. The SMILES string of the molecule is Cc1c(CCN)[nH]c2cccc(F)c12. The van der Waals surface area contributed by atoms with Gasteiger partial charge >= 0.3 is 0 Å². The van der Waals surface area contributed by atoms with E-state index < -0.39 is 0 Å². The van der Waals surface area contributed by atoms with Gasteiger partial charge in [-0.1, -0.05) is 6.07 Å². The number of aromatic nitrogens is 1. The molecule has 74 valence electrons. The van der Waals surface area contributed by atoms with Crippen LogP contribution in [0.2, 0.25) is 0 Å². The Balaban J connectivity index is 2.68. The number of nitrogens with two attached hydrogens (primary N) is 1. The fourth-order valence-electron chi connectivity index (χ4n) is 1.81. The number of halogens is 1. The molecule has 0 amide bonds. The van der Waals surface area contributed by atoms with E-state index in [9.17, 15) is 4.39 Å². The van der Waals surface area contributed by atoms with Crippen LogP contribution in [0.3, 0.4) is 0 Å². The molecule has 1 heterocycles. The van der Waals surface area contributed by atoms with E-state index in [4.69, 9.17) is 5.73 Å². The van der Waals surface area contributed by atoms with Crippen molar-refractivity contribution in [3.63, 3.8) is 0 Å². The molecule has 1 aromatic carbocycles. The van der Waals surface area contributed by atoms with Gasteiger partial charge in [0.2, 0.25) is 0 Å². The summed E-state index contributed by atoms with van der Waals surface area (Å²) in [5.74, 6) is -0.167. The van der Waals surface area contributed by atoms with Gasteiger partial charge in [0.05, 0.1) is 0 Å². The number of nitrogens with one attached hydrogen (secondary N) is 1. The third-order valence-corrected chi connectivity index (χ3v) is 2.52. The monoisotopic (exact) mass is 192 g/mol. The Morgan fingerprint density at radius 3 is 2.86 bits per heavy atom. The molecule has 0 aliphatic rings. The fraction of sp³-hybridized carbons (Fsp3) is 0.273. The Labute approximate surface area is 81.9 Å². The molecule has 0 saturated carbocycles. The molecule has 14 heavy (non-hydrogen) atoms. The van der Waals surface area contributed by atoms with E-state index in [0.29, 0.717) is 11.9 Å². The molecular weight excluding hydrogens is 179 g/mol. The molecule has 0 aliphatic carbocycles. The quantitative estimate of drug-likeness (QED) is 0.751. The lowest BCUT2D eigenvalue weighted by Gasteiger charge is -1.95. The Morgan fingerprint density at radius 2 is 2.21 bits per heavy atom. The lowest BCUT2D eigenvalue weighted by Crippen LogP contribution is -2.03. The zero-order valence-corrected chi connectivity index (χ0v) is 8.10. The van der Waals surface area contributed by atoms with Gasteiger partial charge in [-0.05, 0) is 31.2 Å². The van der Waals surface area contributed by atoms with Crippen LogP contribution in [0.1, 0.15) is 11.3 Å². The first kappa shape index (κ1) is 9.21. The molecule has 3 heteroatoms. The van der Waals surface area contributed by atoms with E-state index in [1.54, 1.807) is 6.07 Å². The molecule has 0 atom stereocenters. The zero-order valence-electron chi connectivity index (χ0n) is 8.10. The summed E-state index contributed by atoms with van der Waals surface area (Å²) in [6, 6.07) is 5.07. The summed E-state index contributed by atoms with van der Waals surface area (Å²) in [5, 5.41) is 0.691. The van der Waals surface area contributed by atoms with Crippen molar-refractivity contribution in [3.8, 4) is 0 Å². The van der Waals surface area contributed by atoms with Crippen molar-refractivity contribution in [1.82, 2.24) is 4.98 Å². The van der Waals surface area contributed by atoms with Gasteiger partial charge in [-0.25, -0.2) is 4.39 Å². The predicted octanol–water partition coefficient (Wildman–Crippen LogP) is 2.12. The second kappa shape index (κ2) is 3.42. The van der Waals surface area contributed by atoms with Gasteiger partial charge in [-0.3, -0.25) is 0 Å². The molecule has 0 bridgehead atoms. The molecule has 0 radical (unpaired) electrons. The molecule has 0 spiro atoms. The number of aromatic amines is 1. The topological polar surface area (TPSA) is 41.8 Å². The number of benzene rings is 1. The number of aryl methyl sites for hydroxylation is 1. The Morgan fingerprint density at radius 1 is 1.43 bits per heavy atom. The summed E-state index contributed by atoms with van der Waals surface area (Å²) < 4.78 is 13.4. The predicted molar refractivity (Wildman–Crippen MR) is 55.8 cm³/mol. The molecule has 3 N–H and O–H groups in total. The summed E-state index contributed by atoms with van der Waals surface area (Å²) in [5.41, 5.74) is 8.34. The van der Waals surface area contributed by atoms with Crippen molar-refractivity contribution < 1.29 is 4.39 Å². The van der Waals surface area contributed by atoms with Crippen molar-refractivity contribution in [1.29, 1.82) is 0 Å². The summed E-state index contributed by atoms with van der Waals surface area (Å²) in [4.78, 5) is 3.19. The molecule has 2 aromatic rings. The summed E-state index contributed by atoms with van der Waals surface area (Å²) in [7, 11) is 0. The highest BCUT2D eigenvalue weighted by atomic mass is 19.1. The van der Waals surface area contributed by atoms with Crippen LogP contribution in [-0.2, 0) is 6.42 Å². The smallest absolute Gasteiger partial charge is 0.132 e. The lowest BCUT2D eigenvalue weighted by molar-refractivity contribution is 0.639. The summed E-state index contributed by atoms with van der Waals surface area (Å²) in [6.07, 6.45) is 0.764. The van der Waals surface area contributed by atoms with Crippen molar-refractivity contribution >= 4 is 10.9 Å². The van der Waals surface area contributed by atoms with E-state index in [2.05, 4.69) is 4.98 Å². The van der Waals surface area contributed by atoms with E-state index >= 15 is 0 Å². The minimum atomic E-state index is -0.167. The minimum absolute atomic E-state index is 0.167. The summed E-state index contributed by atoms with van der Waals surface area (Å²) >= 11 is 0. The van der Waals surface area contributed by atoms with Crippen LogP contribution in [-0.4, -0.2) is 11.5 Å². The van der Waals surface area contributed by atoms with Crippen LogP contribution in [0.25, 0.3) is 10.9 Å². The fourth-order valence-corrected chi connectivity index (χ4v) is 1.81. The molecule has 0 saturated heterocycles. The molecule has 2 nitrogen and oxygen atoms in total. The second-order valence-electron chi connectivity index (χ2n) is 3.43. The van der Waals surface area contributed by atoms with Crippen LogP contribution < -0.4 is 5.73 Å². The van der Waals surface area contributed by atoms with E-state index in [1.807, 2.05) is 13.0 Å². The maximum atomic E-state index is 13.4. The number of hydrogen-bond acceptors (Lipinski definition) is 1. The molecule has 0 unspecified atom stereocenters. The Bertz CT molecular complexity index is 460. The zero-order chi connectivity index (χ0) is 10.1. The maximum Gasteiger partial charge on any atom is 0.132 e. The molecule has 0 aliphatic heterocycles. The van der Waals surface area contributed by atoms with Crippen LogP contribution in [0.5, 0.6) is 0 Å². The van der Waals surface area contributed by atoms with Crippen LogP contribution in [0, 0.1) is 12.7 Å². The van der Waals surface area contributed by atoms with E-state index in [-0.39, 0.29) is 5.82 Å². The first-order valence-electron chi connectivity index (χ1n) is 4.69. The standard InChI is InChI=1S/C11H13FN2/c1-7-9(5-6-13)14-10-4-2-3-8(12)11(7)10/h2-4,14H,5-6,13H2,1H3. The van der Waals surface area contributed by atoms with Crippen molar-refractivity contribution in [2.45, 2.75) is 13.3 Å². The first-order valence-corrected chi connectivity index (χ1v) is 4.69. The third-order valence-electron chi connectivity index (χ3n) is 2.52. The second-order valence-corrected chi connectivity index (χ2v) is 3.43. The normalized spacial score (nSPS) is 11.1. The van der Waals surface area contributed by atoms with Gasteiger partial charge in [-0.15, -0.1) is 0 Å². The minimum Gasteiger partial charge on any atom is -0.358 e. The van der Waals surface area contributed by atoms with Crippen molar-refractivity contribution in [2.24, 2.45) is 5.73 Å².